The maximum atomic E-state index is 13.7. The third kappa shape index (κ3) is 4.05. The van der Waals surface area contributed by atoms with E-state index in [1.54, 1.807) is 31.4 Å². The fourth-order valence-electron chi connectivity index (χ4n) is 5.35. The molecule has 1 saturated heterocycles. The Labute approximate surface area is 226 Å². The standard InChI is InChI=1S/C31H29ClN2O4/c1-16(2)22-15-23(17(3)14-25(22)38-5)29(35)27-28(26-18(4)33-24-9-7-6-8-21(24)26)34(31(37)30(27)36)20-12-10-19(32)11-13-20/h6-16,28,33,35H,1-5H3/b29-27+. The van der Waals surface area contributed by atoms with Crippen molar-refractivity contribution in [1.82, 2.24) is 4.98 Å². The summed E-state index contributed by atoms with van der Waals surface area (Å²) in [7, 11) is 1.61. The van der Waals surface area contributed by atoms with E-state index < -0.39 is 17.7 Å². The van der Waals surface area contributed by atoms with Crippen LogP contribution in [0, 0.1) is 13.8 Å². The number of H-pyrrole nitrogens is 1. The fourth-order valence-corrected chi connectivity index (χ4v) is 5.48. The van der Waals surface area contributed by atoms with Gasteiger partial charge >= 0.3 is 0 Å². The number of rotatable bonds is 5. The molecule has 5 rings (SSSR count). The number of anilines is 1. The van der Waals surface area contributed by atoms with Crippen LogP contribution >= 0.6 is 11.6 Å². The van der Waals surface area contributed by atoms with Crippen molar-refractivity contribution in [1.29, 1.82) is 0 Å². The molecule has 1 fully saturated rings. The van der Waals surface area contributed by atoms with Crippen LogP contribution in [0.4, 0.5) is 5.69 Å². The van der Waals surface area contributed by atoms with Crippen LogP contribution in [0.1, 0.15) is 53.8 Å². The largest absolute Gasteiger partial charge is 0.507 e. The Bertz CT molecular complexity index is 1620. The number of carbonyl (C=O) groups is 2. The summed E-state index contributed by atoms with van der Waals surface area (Å²) in [4.78, 5) is 32.2. The van der Waals surface area contributed by atoms with Crippen LogP contribution in [0.15, 0.2) is 66.2 Å². The van der Waals surface area contributed by atoms with Crippen LogP contribution in [0.2, 0.25) is 5.02 Å². The number of fused-ring (bicyclic) bond motifs is 1. The lowest BCUT2D eigenvalue weighted by atomic mass is 9.90. The number of aromatic nitrogens is 1. The zero-order valence-corrected chi connectivity index (χ0v) is 22.7. The molecule has 194 valence electrons. The number of ether oxygens (including phenoxy) is 1. The first-order valence-electron chi connectivity index (χ1n) is 12.5. The molecule has 0 radical (unpaired) electrons. The van der Waals surface area contributed by atoms with Crippen LogP contribution in [-0.4, -0.2) is 28.9 Å². The van der Waals surface area contributed by atoms with Crippen molar-refractivity contribution in [2.24, 2.45) is 0 Å². The monoisotopic (exact) mass is 528 g/mol. The molecule has 7 heteroatoms. The van der Waals surface area contributed by atoms with Crippen LogP contribution in [0.5, 0.6) is 5.75 Å². The van der Waals surface area contributed by atoms with E-state index >= 15 is 0 Å². The lowest BCUT2D eigenvalue weighted by Gasteiger charge is -2.26. The van der Waals surface area contributed by atoms with Crippen molar-refractivity contribution in [2.75, 3.05) is 12.0 Å². The van der Waals surface area contributed by atoms with Gasteiger partial charge in [0.2, 0.25) is 0 Å². The van der Waals surface area contributed by atoms with Crippen LogP contribution in [-0.2, 0) is 9.59 Å². The van der Waals surface area contributed by atoms with Crippen molar-refractivity contribution in [2.45, 2.75) is 39.7 Å². The number of amides is 1. The number of methoxy groups -OCH3 is 1. The van der Waals surface area contributed by atoms with Gasteiger partial charge in [-0.2, -0.15) is 0 Å². The Morgan fingerprint density at radius 3 is 2.39 bits per heavy atom. The van der Waals surface area contributed by atoms with Crippen molar-refractivity contribution >= 4 is 45.6 Å². The number of aliphatic hydroxyl groups is 1. The first-order chi connectivity index (χ1) is 18.1. The zero-order chi connectivity index (χ0) is 27.3. The van der Waals surface area contributed by atoms with Gasteiger partial charge in [0.1, 0.15) is 11.5 Å². The van der Waals surface area contributed by atoms with Gasteiger partial charge in [0, 0.05) is 38.4 Å². The summed E-state index contributed by atoms with van der Waals surface area (Å²) < 4.78 is 5.57. The second-order valence-corrected chi connectivity index (χ2v) is 10.4. The first-order valence-corrected chi connectivity index (χ1v) is 12.8. The maximum absolute atomic E-state index is 13.7. The van der Waals surface area contributed by atoms with Gasteiger partial charge in [-0.25, -0.2) is 0 Å². The predicted molar refractivity (Wildman–Crippen MR) is 151 cm³/mol. The Kier molecular flexibility index (Phi) is 6.53. The lowest BCUT2D eigenvalue weighted by molar-refractivity contribution is -0.132. The summed E-state index contributed by atoms with van der Waals surface area (Å²) in [6.07, 6.45) is 0. The van der Waals surface area contributed by atoms with Crippen molar-refractivity contribution in [3.05, 3.63) is 99.2 Å². The number of ketones is 1. The number of hydrogen-bond donors (Lipinski definition) is 2. The summed E-state index contributed by atoms with van der Waals surface area (Å²) in [5, 5.41) is 13.2. The highest BCUT2D eigenvalue weighted by Gasteiger charge is 2.48. The molecule has 1 aromatic heterocycles. The molecule has 2 heterocycles. The molecule has 1 unspecified atom stereocenters. The maximum Gasteiger partial charge on any atom is 0.300 e. The van der Waals surface area contributed by atoms with E-state index in [-0.39, 0.29) is 17.3 Å². The predicted octanol–water partition coefficient (Wildman–Crippen LogP) is 7.20. The molecule has 2 N–H and O–H groups in total. The average Bonchev–Trinajstić information content (AvgIpc) is 3.35. The SMILES string of the molecule is COc1cc(C)c(/C(O)=C2\C(=O)C(=O)N(c3ccc(Cl)cc3)C2c2c(C)[nH]c3ccccc23)cc1C(C)C. The van der Waals surface area contributed by atoms with Crippen molar-refractivity contribution < 1.29 is 19.4 Å². The van der Waals surface area contributed by atoms with E-state index in [0.29, 0.717) is 22.0 Å². The van der Waals surface area contributed by atoms with Crippen LogP contribution in [0.3, 0.4) is 0 Å². The van der Waals surface area contributed by atoms with Gasteiger partial charge in [-0.3, -0.25) is 14.5 Å². The summed E-state index contributed by atoms with van der Waals surface area (Å²) in [5.41, 5.74) is 5.11. The normalized spacial score (nSPS) is 17.1. The molecular formula is C31H29ClN2O4. The Morgan fingerprint density at radius 1 is 1.05 bits per heavy atom. The summed E-state index contributed by atoms with van der Waals surface area (Å²) in [5.74, 6) is -0.844. The molecule has 3 aromatic carbocycles. The molecule has 0 bridgehead atoms. The molecule has 4 aromatic rings. The van der Waals surface area contributed by atoms with E-state index in [4.69, 9.17) is 16.3 Å². The Balaban J connectivity index is 1.83. The number of para-hydroxylation sites is 1. The molecule has 0 aliphatic carbocycles. The minimum absolute atomic E-state index is 0.0424. The number of nitrogens with zero attached hydrogens (tertiary/aromatic N) is 1. The van der Waals surface area contributed by atoms with Gasteiger partial charge in [-0.1, -0.05) is 43.6 Å². The topological polar surface area (TPSA) is 82.6 Å². The summed E-state index contributed by atoms with van der Waals surface area (Å²) in [6, 6.07) is 17.4. The van der Waals surface area contributed by atoms with E-state index in [2.05, 4.69) is 4.98 Å². The molecule has 0 spiro atoms. The van der Waals surface area contributed by atoms with E-state index in [0.717, 1.165) is 33.3 Å². The second-order valence-electron chi connectivity index (χ2n) is 9.92. The highest BCUT2D eigenvalue weighted by Crippen LogP contribution is 2.46. The number of benzene rings is 3. The van der Waals surface area contributed by atoms with Gasteiger partial charge in [0.15, 0.2) is 0 Å². The third-order valence-corrected chi connectivity index (χ3v) is 7.47. The number of aliphatic hydroxyl groups excluding tert-OH is 1. The lowest BCUT2D eigenvalue weighted by Crippen LogP contribution is -2.29. The fraction of sp³-hybridized carbons (Fsp3) is 0.226. The van der Waals surface area contributed by atoms with E-state index in [9.17, 15) is 14.7 Å². The van der Waals surface area contributed by atoms with E-state index in [1.165, 1.54) is 4.90 Å². The number of halogens is 1. The van der Waals surface area contributed by atoms with Gasteiger partial charge in [-0.15, -0.1) is 0 Å². The highest BCUT2D eigenvalue weighted by molar-refractivity contribution is 6.52. The Hall–Kier alpha value is -4.03. The first kappa shape index (κ1) is 25.6. The van der Waals surface area contributed by atoms with Crippen LogP contribution < -0.4 is 9.64 Å². The smallest absolute Gasteiger partial charge is 0.300 e. The number of aromatic amines is 1. The molecule has 1 aliphatic rings. The van der Waals surface area contributed by atoms with Gasteiger partial charge < -0.3 is 14.8 Å². The zero-order valence-electron chi connectivity index (χ0n) is 21.9. The minimum atomic E-state index is -0.851. The highest BCUT2D eigenvalue weighted by atomic mass is 35.5. The van der Waals surface area contributed by atoms with Crippen molar-refractivity contribution in [3.63, 3.8) is 0 Å². The second kappa shape index (κ2) is 9.69. The minimum Gasteiger partial charge on any atom is -0.507 e. The molecule has 6 nitrogen and oxygen atoms in total. The number of carbonyl (C=O) groups excluding carboxylic acids is 2. The number of aryl methyl sites for hydroxylation is 2. The summed E-state index contributed by atoms with van der Waals surface area (Å²) in [6.45, 7) is 7.83. The number of nitrogens with one attached hydrogen (secondary N) is 1. The number of hydrogen-bond acceptors (Lipinski definition) is 4. The molecule has 1 aliphatic heterocycles. The summed E-state index contributed by atoms with van der Waals surface area (Å²) >= 11 is 6.13. The molecular weight excluding hydrogens is 500 g/mol. The van der Waals surface area contributed by atoms with Gasteiger partial charge in [0.05, 0.1) is 18.7 Å². The Morgan fingerprint density at radius 2 is 1.74 bits per heavy atom. The van der Waals surface area contributed by atoms with Crippen LogP contribution in [0.25, 0.3) is 16.7 Å². The molecule has 1 atom stereocenters. The van der Waals surface area contributed by atoms with Crippen molar-refractivity contribution in [3.8, 4) is 5.75 Å². The third-order valence-electron chi connectivity index (χ3n) is 7.22. The molecule has 0 saturated carbocycles. The molecule has 1 amide bonds. The average molecular weight is 529 g/mol. The van der Waals surface area contributed by atoms with Gasteiger partial charge in [-0.05, 0) is 73.4 Å². The molecule has 38 heavy (non-hydrogen) atoms. The quantitative estimate of drug-likeness (QED) is 0.163. The van der Waals surface area contributed by atoms with E-state index in [1.807, 2.05) is 64.1 Å². The number of Topliss-reactive ketones (excluding diaryl/α,β-unsaturated/α-hetero) is 1. The van der Waals surface area contributed by atoms with Gasteiger partial charge in [0.25, 0.3) is 11.7 Å².